The van der Waals surface area contributed by atoms with E-state index in [1.54, 1.807) is 41.0 Å². The summed E-state index contributed by atoms with van der Waals surface area (Å²) in [5, 5.41) is 9.39. The summed E-state index contributed by atoms with van der Waals surface area (Å²) in [6, 6.07) is 16.2. The molecule has 0 aliphatic rings. The predicted molar refractivity (Wildman–Crippen MR) is 142 cm³/mol. The molecule has 0 bridgehead atoms. The number of pyridine rings is 1. The Morgan fingerprint density at radius 1 is 0.975 bits per heavy atom. The molecule has 2 aromatic heterocycles. The lowest BCUT2D eigenvalue weighted by Crippen LogP contribution is -2.11. The Bertz CT molecular complexity index is 1680. The lowest BCUT2D eigenvalue weighted by atomic mass is 10.0. The first-order chi connectivity index (χ1) is 19.4. The number of hydrogen-bond acceptors (Lipinski definition) is 5. The number of halogens is 3. The highest BCUT2D eigenvalue weighted by atomic mass is 19.1. The third-order valence-corrected chi connectivity index (χ3v) is 6.47. The Morgan fingerprint density at radius 2 is 1.75 bits per heavy atom. The van der Waals surface area contributed by atoms with Crippen LogP contribution in [0.15, 0.2) is 72.9 Å². The summed E-state index contributed by atoms with van der Waals surface area (Å²) in [4.78, 5) is 20.2. The molecule has 0 radical (unpaired) electrons. The quantitative estimate of drug-likeness (QED) is 0.230. The van der Waals surface area contributed by atoms with Crippen molar-refractivity contribution in [2.45, 2.75) is 19.6 Å². The van der Waals surface area contributed by atoms with Gasteiger partial charge in [0.05, 0.1) is 23.2 Å². The van der Waals surface area contributed by atoms with Crippen LogP contribution in [0.2, 0.25) is 0 Å². The van der Waals surface area contributed by atoms with E-state index in [4.69, 9.17) is 9.47 Å². The van der Waals surface area contributed by atoms with E-state index < -0.39 is 23.4 Å². The standard InChI is InChI=1S/C30H24F3N3O4/c1-39-12-11-36-27-15-18(30(37)38)8-9-26(27)35-28(36)16-22-24(32)13-20(14-25(22)33)21-6-4-10-34-29(21)40-17-19-5-2-3-7-23(19)31/h2-10,13-15H,11-12,16-17H2,1H3,(H,37,38). The molecule has 204 valence electrons. The van der Waals surface area contributed by atoms with Crippen LogP contribution in [-0.2, 0) is 24.3 Å². The lowest BCUT2D eigenvalue weighted by Gasteiger charge is -2.13. The Kier molecular flexibility index (Phi) is 7.79. The number of carbonyl (C=O) groups is 1. The molecule has 0 fully saturated rings. The number of benzene rings is 3. The average Bonchev–Trinajstić information content (AvgIpc) is 3.29. The van der Waals surface area contributed by atoms with Gasteiger partial charge in [-0.2, -0.15) is 0 Å². The van der Waals surface area contributed by atoms with Gasteiger partial charge in [0, 0.05) is 43.0 Å². The zero-order chi connectivity index (χ0) is 28.2. The van der Waals surface area contributed by atoms with Crippen LogP contribution in [0.25, 0.3) is 22.2 Å². The highest BCUT2D eigenvalue weighted by Gasteiger charge is 2.20. The van der Waals surface area contributed by atoms with E-state index in [1.807, 2.05) is 0 Å². The topological polar surface area (TPSA) is 86.5 Å². The first-order valence-corrected chi connectivity index (χ1v) is 12.4. The van der Waals surface area contributed by atoms with Crippen LogP contribution in [0.4, 0.5) is 13.2 Å². The summed E-state index contributed by atoms with van der Waals surface area (Å²) in [5.74, 6) is -2.66. The second kappa shape index (κ2) is 11.6. The van der Waals surface area contributed by atoms with Crippen molar-refractivity contribution in [3.63, 3.8) is 0 Å². The van der Waals surface area contributed by atoms with Crippen LogP contribution in [0.5, 0.6) is 5.88 Å². The second-order valence-corrected chi connectivity index (χ2v) is 9.01. The molecule has 5 aromatic rings. The highest BCUT2D eigenvalue weighted by Crippen LogP contribution is 2.32. The molecule has 0 saturated carbocycles. The first kappa shape index (κ1) is 26.9. The Morgan fingerprint density at radius 3 is 2.48 bits per heavy atom. The number of imidazole rings is 1. The molecule has 40 heavy (non-hydrogen) atoms. The third-order valence-electron chi connectivity index (χ3n) is 6.47. The van der Waals surface area contributed by atoms with Crippen molar-refractivity contribution in [3.05, 3.63) is 113 Å². The maximum atomic E-state index is 15.4. The maximum Gasteiger partial charge on any atom is 0.335 e. The van der Waals surface area contributed by atoms with Crippen LogP contribution in [0.1, 0.15) is 27.3 Å². The van der Waals surface area contributed by atoms with Crippen molar-refractivity contribution >= 4 is 17.0 Å². The number of rotatable bonds is 10. The summed E-state index contributed by atoms with van der Waals surface area (Å²) in [7, 11) is 1.52. The van der Waals surface area contributed by atoms with Crippen molar-refractivity contribution in [3.8, 4) is 17.0 Å². The lowest BCUT2D eigenvalue weighted by molar-refractivity contribution is 0.0697. The number of fused-ring (bicyclic) bond motifs is 1. The summed E-state index contributed by atoms with van der Waals surface area (Å²) in [6.45, 7) is 0.489. The van der Waals surface area contributed by atoms with E-state index in [1.165, 1.54) is 43.6 Å². The van der Waals surface area contributed by atoms with Crippen LogP contribution in [0, 0.1) is 17.5 Å². The Balaban J connectivity index is 1.47. The van der Waals surface area contributed by atoms with Crippen molar-refractivity contribution in [2.24, 2.45) is 0 Å². The van der Waals surface area contributed by atoms with Gasteiger partial charge in [-0.15, -0.1) is 0 Å². The summed E-state index contributed by atoms with van der Waals surface area (Å²) >= 11 is 0. The van der Waals surface area contributed by atoms with Gasteiger partial charge in [-0.05, 0) is 54.1 Å². The van der Waals surface area contributed by atoms with Gasteiger partial charge in [-0.3, -0.25) is 0 Å². The minimum Gasteiger partial charge on any atom is -0.478 e. The molecule has 0 aliphatic carbocycles. The largest absolute Gasteiger partial charge is 0.478 e. The van der Waals surface area contributed by atoms with E-state index in [2.05, 4.69) is 9.97 Å². The number of ether oxygens (including phenoxy) is 2. The van der Waals surface area contributed by atoms with E-state index in [-0.39, 0.29) is 42.2 Å². The minimum absolute atomic E-state index is 0.0730. The number of aromatic nitrogens is 3. The number of carboxylic acids is 1. The molecule has 1 N–H and O–H groups in total. The van der Waals surface area contributed by atoms with Gasteiger partial charge in [0.1, 0.15) is 29.9 Å². The molecule has 5 rings (SSSR count). The van der Waals surface area contributed by atoms with Gasteiger partial charge in [0.2, 0.25) is 5.88 Å². The average molecular weight is 548 g/mol. The number of methoxy groups -OCH3 is 1. The van der Waals surface area contributed by atoms with Gasteiger partial charge in [-0.1, -0.05) is 18.2 Å². The van der Waals surface area contributed by atoms with E-state index in [0.717, 1.165) is 0 Å². The summed E-state index contributed by atoms with van der Waals surface area (Å²) in [6.07, 6.45) is 1.30. The van der Waals surface area contributed by atoms with Crippen LogP contribution >= 0.6 is 0 Å². The fourth-order valence-electron chi connectivity index (χ4n) is 4.45. The molecule has 0 unspecified atom stereocenters. The fourth-order valence-corrected chi connectivity index (χ4v) is 4.45. The highest BCUT2D eigenvalue weighted by molar-refractivity contribution is 5.92. The van der Waals surface area contributed by atoms with Gasteiger partial charge < -0.3 is 19.1 Å². The molecular weight excluding hydrogens is 523 g/mol. The number of hydrogen-bond donors (Lipinski definition) is 1. The maximum absolute atomic E-state index is 15.4. The monoisotopic (exact) mass is 547 g/mol. The molecule has 7 nitrogen and oxygen atoms in total. The second-order valence-electron chi connectivity index (χ2n) is 9.01. The molecule has 0 aliphatic heterocycles. The van der Waals surface area contributed by atoms with Crippen molar-refractivity contribution in [2.75, 3.05) is 13.7 Å². The van der Waals surface area contributed by atoms with Crippen LogP contribution in [-0.4, -0.2) is 39.3 Å². The summed E-state index contributed by atoms with van der Waals surface area (Å²) < 4.78 is 57.5. The molecule has 0 saturated heterocycles. The molecule has 2 heterocycles. The molecule has 0 spiro atoms. The zero-order valence-electron chi connectivity index (χ0n) is 21.4. The van der Waals surface area contributed by atoms with Gasteiger partial charge in [0.15, 0.2) is 0 Å². The Labute approximate surface area is 227 Å². The molecule has 0 amide bonds. The van der Waals surface area contributed by atoms with Crippen LogP contribution in [0.3, 0.4) is 0 Å². The van der Waals surface area contributed by atoms with Gasteiger partial charge in [0.25, 0.3) is 0 Å². The third kappa shape index (κ3) is 5.52. The van der Waals surface area contributed by atoms with Crippen molar-refractivity contribution in [1.82, 2.24) is 14.5 Å². The van der Waals surface area contributed by atoms with Crippen molar-refractivity contribution < 1.29 is 32.5 Å². The molecule has 0 atom stereocenters. The number of aromatic carboxylic acids is 1. The fraction of sp³-hybridized carbons (Fsp3) is 0.167. The van der Waals surface area contributed by atoms with Gasteiger partial charge >= 0.3 is 5.97 Å². The van der Waals surface area contributed by atoms with Gasteiger partial charge in [-0.25, -0.2) is 27.9 Å². The smallest absolute Gasteiger partial charge is 0.335 e. The first-order valence-electron chi connectivity index (χ1n) is 12.4. The van der Waals surface area contributed by atoms with Crippen molar-refractivity contribution in [1.29, 1.82) is 0 Å². The number of nitrogens with zero attached hydrogens (tertiary/aromatic N) is 3. The number of carboxylic acid groups (broad SMARTS) is 1. The molecular formula is C30H24F3N3O4. The van der Waals surface area contributed by atoms with E-state index >= 15 is 8.78 Å². The Hall–Kier alpha value is -4.70. The summed E-state index contributed by atoms with van der Waals surface area (Å²) in [5.41, 5.74) is 1.76. The predicted octanol–water partition coefficient (Wildman–Crippen LogP) is 6.03. The van der Waals surface area contributed by atoms with Crippen LogP contribution < -0.4 is 4.74 Å². The van der Waals surface area contributed by atoms with E-state index in [9.17, 15) is 14.3 Å². The van der Waals surface area contributed by atoms with E-state index in [0.29, 0.717) is 34.5 Å². The normalized spacial score (nSPS) is 11.2. The minimum atomic E-state index is -1.09. The molecule has 3 aromatic carbocycles. The zero-order valence-corrected chi connectivity index (χ0v) is 21.4. The molecule has 10 heteroatoms. The SMILES string of the molecule is COCCn1c(Cc2c(F)cc(-c3cccnc3OCc3ccccc3F)cc2F)nc2ccc(C(=O)O)cc21.